The summed E-state index contributed by atoms with van der Waals surface area (Å²) < 4.78 is 5.18. The summed E-state index contributed by atoms with van der Waals surface area (Å²) in [4.78, 5) is 15.8. The molecule has 1 aromatic carbocycles. The molecule has 0 aliphatic heterocycles. The lowest BCUT2D eigenvalue weighted by atomic mass is 10.2. The lowest BCUT2D eigenvalue weighted by Crippen LogP contribution is -2.27. The number of carbonyl (C=O) groups is 1. The van der Waals surface area contributed by atoms with Crippen molar-refractivity contribution in [2.45, 2.75) is 26.4 Å². The van der Waals surface area contributed by atoms with Gasteiger partial charge in [0.2, 0.25) is 0 Å². The number of nitrogens with one attached hydrogen (secondary N) is 1. The highest BCUT2D eigenvalue weighted by atomic mass is 32.1. The van der Waals surface area contributed by atoms with Crippen LogP contribution in [0.1, 0.15) is 31.3 Å². The van der Waals surface area contributed by atoms with Crippen molar-refractivity contribution in [3.05, 3.63) is 40.3 Å². The van der Waals surface area contributed by atoms with Crippen LogP contribution in [0.5, 0.6) is 0 Å². The number of hydrogen-bond donors (Lipinski definition) is 2. The van der Waals surface area contributed by atoms with Crippen LogP contribution >= 0.6 is 11.3 Å². The van der Waals surface area contributed by atoms with Gasteiger partial charge in [0.1, 0.15) is 5.60 Å². The van der Waals surface area contributed by atoms with Crippen molar-refractivity contribution in [3.63, 3.8) is 0 Å². The fourth-order valence-corrected chi connectivity index (χ4v) is 2.06. The first-order valence-electron chi connectivity index (χ1n) is 6.64. The highest BCUT2D eigenvalue weighted by Crippen LogP contribution is 2.20. The molecule has 0 fully saturated rings. The molecule has 1 amide bonds. The monoisotopic (exact) mass is 315 g/mol. The first kappa shape index (κ1) is 15.9. The number of rotatable bonds is 1. The predicted molar refractivity (Wildman–Crippen MR) is 88.8 cm³/mol. The quantitative estimate of drug-likeness (QED) is 0.624. The summed E-state index contributed by atoms with van der Waals surface area (Å²) in [5, 5.41) is 5.23. The molecular formula is C16H17N3O2S. The minimum Gasteiger partial charge on any atom is -0.444 e. The van der Waals surface area contributed by atoms with E-state index < -0.39 is 11.7 Å². The minimum absolute atomic E-state index is 0.428. The van der Waals surface area contributed by atoms with Crippen LogP contribution in [0.15, 0.2) is 29.8 Å². The number of carbonyl (C=O) groups excluding carboxylic acids is 1. The van der Waals surface area contributed by atoms with Crippen molar-refractivity contribution < 1.29 is 9.53 Å². The Morgan fingerprint density at radius 1 is 1.36 bits per heavy atom. The summed E-state index contributed by atoms with van der Waals surface area (Å²) >= 11 is 1.47. The van der Waals surface area contributed by atoms with Crippen molar-refractivity contribution in [1.29, 1.82) is 0 Å². The second-order valence-electron chi connectivity index (χ2n) is 5.52. The molecule has 3 N–H and O–H groups in total. The van der Waals surface area contributed by atoms with Crippen molar-refractivity contribution in [1.82, 2.24) is 4.98 Å². The van der Waals surface area contributed by atoms with Crippen molar-refractivity contribution >= 4 is 28.8 Å². The molecule has 0 saturated carbocycles. The Balaban J connectivity index is 2.08. The first-order chi connectivity index (χ1) is 10.3. The normalized spacial score (nSPS) is 10.5. The molecule has 5 nitrogen and oxygen atoms in total. The predicted octanol–water partition coefficient (Wildman–Crippen LogP) is 3.47. The summed E-state index contributed by atoms with van der Waals surface area (Å²) in [5.41, 5.74) is 7.05. The molecule has 1 heterocycles. The second-order valence-corrected chi connectivity index (χ2v) is 6.41. The number of benzene rings is 1. The third-order valence-corrected chi connectivity index (χ3v) is 3.12. The van der Waals surface area contributed by atoms with E-state index in [9.17, 15) is 4.79 Å². The van der Waals surface area contributed by atoms with Gasteiger partial charge < -0.3 is 10.5 Å². The lowest BCUT2D eigenvalue weighted by Gasteiger charge is -2.20. The van der Waals surface area contributed by atoms with E-state index in [1.807, 2.05) is 5.38 Å². The Morgan fingerprint density at radius 3 is 2.73 bits per heavy atom. The summed E-state index contributed by atoms with van der Waals surface area (Å²) in [6.45, 7) is 5.40. The van der Waals surface area contributed by atoms with Gasteiger partial charge in [-0.1, -0.05) is 5.92 Å². The molecule has 0 spiro atoms. The molecule has 114 valence electrons. The van der Waals surface area contributed by atoms with E-state index in [-0.39, 0.29) is 0 Å². The molecule has 0 bridgehead atoms. The molecule has 6 heteroatoms. The van der Waals surface area contributed by atoms with Crippen molar-refractivity contribution in [2.75, 3.05) is 11.1 Å². The van der Waals surface area contributed by atoms with Gasteiger partial charge in [0.15, 0.2) is 5.01 Å². The average molecular weight is 315 g/mol. The number of nitrogens with two attached hydrogens (primary N) is 1. The van der Waals surface area contributed by atoms with Crippen molar-refractivity contribution in [2.24, 2.45) is 0 Å². The molecule has 0 unspecified atom stereocenters. The number of aromatic nitrogens is 1. The van der Waals surface area contributed by atoms with Gasteiger partial charge in [-0.05, 0) is 44.9 Å². The number of hydrogen-bond acceptors (Lipinski definition) is 5. The number of nitrogen functional groups attached to an aromatic ring is 1. The van der Waals surface area contributed by atoms with Crippen LogP contribution in [0, 0.1) is 11.8 Å². The SMILES string of the molecule is CC(C)(C)OC(=O)Nc1ccc(C#Cc2nccs2)cc1N. The average Bonchev–Trinajstić information content (AvgIpc) is 2.90. The zero-order valence-corrected chi connectivity index (χ0v) is 13.5. The third-order valence-electron chi connectivity index (χ3n) is 2.43. The van der Waals surface area contributed by atoms with Gasteiger partial charge in [0.25, 0.3) is 0 Å². The van der Waals surface area contributed by atoms with Gasteiger partial charge in [0, 0.05) is 17.1 Å². The zero-order valence-electron chi connectivity index (χ0n) is 12.6. The maximum absolute atomic E-state index is 11.7. The van der Waals surface area contributed by atoms with Gasteiger partial charge in [-0.15, -0.1) is 11.3 Å². The van der Waals surface area contributed by atoms with E-state index in [2.05, 4.69) is 22.1 Å². The summed E-state index contributed by atoms with van der Waals surface area (Å²) in [5.74, 6) is 5.93. The molecule has 0 aliphatic rings. The van der Waals surface area contributed by atoms with Crippen LogP contribution < -0.4 is 11.1 Å². The largest absolute Gasteiger partial charge is 0.444 e. The van der Waals surface area contributed by atoms with E-state index in [1.54, 1.807) is 45.2 Å². The van der Waals surface area contributed by atoms with E-state index in [4.69, 9.17) is 10.5 Å². The zero-order chi connectivity index (χ0) is 16.2. The molecule has 2 aromatic rings. The third kappa shape index (κ3) is 4.79. The second kappa shape index (κ2) is 6.50. The molecule has 0 aliphatic carbocycles. The van der Waals surface area contributed by atoms with Gasteiger partial charge >= 0.3 is 6.09 Å². The smallest absolute Gasteiger partial charge is 0.412 e. The van der Waals surface area contributed by atoms with Crippen molar-refractivity contribution in [3.8, 4) is 11.8 Å². The molecule has 1 aromatic heterocycles. The van der Waals surface area contributed by atoms with Gasteiger partial charge in [-0.3, -0.25) is 5.32 Å². The summed E-state index contributed by atoms with van der Waals surface area (Å²) in [6.07, 6.45) is 1.16. The van der Waals surface area contributed by atoms with Gasteiger partial charge in [-0.25, -0.2) is 9.78 Å². The number of thiazole rings is 1. The topological polar surface area (TPSA) is 77.2 Å². The molecule has 0 saturated heterocycles. The van der Waals surface area contributed by atoms with E-state index in [0.717, 1.165) is 10.6 Å². The van der Waals surface area contributed by atoms with E-state index in [0.29, 0.717) is 11.4 Å². The molecule has 0 atom stereocenters. The maximum Gasteiger partial charge on any atom is 0.412 e. The molecule has 0 radical (unpaired) electrons. The van der Waals surface area contributed by atoms with Crippen LogP contribution in [0.25, 0.3) is 0 Å². The Bertz CT molecular complexity index is 722. The van der Waals surface area contributed by atoms with E-state index in [1.165, 1.54) is 11.3 Å². The highest BCUT2D eigenvalue weighted by Gasteiger charge is 2.16. The van der Waals surface area contributed by atoms with E-state index >= 15 is 0 Å². The molecular weight excluding hydrogens is 298 g/mol. The Hall–Kier alpha value is -2.52. The van der Waals surface area contributed by atoms with Crippen LogP contribution in [0.2, 0.25) is 0 Å². The lowest BCUT2D eigenvalue weighted by molar-refractivity contribution is 0.0636. The number of amides is 1. The number of anilines is 2. The fourth-order valence-electron chi connectivity index (χ4n) is 1.58. The summed E-state index contributed by atoms with van der Waals surface area (Å²) in [6, 6.07) is 5.18. The van der Waals surface area contributed by atoms with Crippen LogP contribution in [0.3, 0.4) is 0 Å². The van der Waals surface area contributed by atoms with Crippen LogP contribution in [-0.4, -0.2) is 16.7 Å². The number of ether oxygens (including phenoxy) is 1. The number of nitrogens with zero attached hydrogens (tertiary/aromatic N) is 1. The Morgan fingerprint density at radius 2 is 2.14 bits per heavy atom. The van der Waals surface area contributed by atoms with Gasteiger partial charge in [0.05, 0.1) is 11.4 Å². The molecule has 22 heavy (non-hydrogen) atoms. The maximum atomic E-state index is 11.7. The standard InChI is InChI=1S/C16H17N3O2S/c1-16(2,3)21-15(20)19-13-6-4-11(10-12(13)17)5-7-14-18-8-9-22-14/h4,6,8-10H,17H2,1-3H3,(H,19,20). The minimum atomic E-state index is -0.558. The highest BCUT2D eigenvalue weighted by molar-refractivity contribution is 7.10. The Kier molecular flexibility index (Phi) is 4.68. The first-order valence-corrected chi connectivity index (χ1v) is 7.52. The summed E-state index contributed by atoms with van der Waals surface area (Å²) in [7, 11) is 0. The Labute approximate surface area is 133 Å². The van der Waals surface area contributed by atoms with Gasteiger partial charge in [-0.2, -0.15) is 0 Å². The van der Waals surface area contributed by atoms with Crippen LogP contribution in [0.4, 0.5) is 16.2 Å². The fraction of sp³-hybridized carbons (Fsp3) is 0.250. The van der Waals surface area contributed by atoms with Crippen LogP contribution in [-0.2, 0) is 4.74 Å². The molecule has 2 rings (SSSR count).